The Balaban J connectivity index is 2.31. The lowest BCUT2D eigenvalue weighted by Gasteiger charge is -2.03. The minimum absolute atomic E-state index is 0.372. The Morgan fingerprint density at radius 2 is 1.94 bits per heavy atom. The zero-order valence-corrected chi connectivity index (χ0v) is 9.87. The number of rotatable bonds is 6. The smallest absolute Gasteiger partial charge is 0.403 e. The van der Waals surface area contributed by atoms with E-state index in [2.05, 4.69) is 35.6 Å². The fourth-order valence-corrected chi connectivity index (χ4v) is 1.51. The average Bonchev–Trinajstić information content (AvgIpc) is 2.27. The lowest BCUT2D eigenvalue weighted by atomic mass is 10.1. The third-order valence-corrected chi connectivity index (χ3v) is 2.34. The van der Waals surface area contributed by atoms with E-state index in [0.717, 1.165) is 19.3 Å². The minimum Gasteiger partial charge on any atom is -0.454 e. The van der Waals surface area contributed by atoms with E-state index in [4.69, 9.17) is 11.6 Å². The summed E-state index contributed by atoms with van der Waals surface area (Å²) >= 11 is 5.04. The van der Waals surface area contributed by atoms with Gasteiger partial charge < -0.3 is 4.74 Å². The molecule has 0 spiro atoms. The van der Waals surface area contributed by atoms with Gasteiger partial charge in [0.05, 0.1) is 6.61 Å². The van der Waals surface area contributed by atoms with Gasteiger partial charge in [0.15, 0.2) is 0 Å². The monoisotopic (exact) mass is 238 g/mol. The number of carbonyl (C=O) groups excluding carboxylic acids is 1. The molecule has 3 heteroatoms. The highest BCUT2D eigenvalue weighted by Crippen LogP contribution is 2.08. The first-order valence-electron chi connectivity index (χ1n) is 5.23. The number of hydrogen-bond acceptors (Lipinski definition) is 2. The first kappa shape index (κ1) is 12.8. The van der Waals surface area contributed by atoms with Crippen molar-refractivity contribution in [3.05, 3.63) is 48.0 Å². The van der Waals surface area contributed by atoms with Gasteiger partial charge in [0.25, 0.3) is 0 Å². The number of aryl methyl sites for hydroxylation is 1. The largest absolute Gasteiger partial charge is 0.454 e. The van der Waals surface area contributed by atoms with Crippen molar-refractivity contribution in [2.24, 2.45) is 0 Å². The second-order valence-corrected chi connectivity index (χ2v) is 3.81. The molecule has 0 atom stereocenters. The van der Waals surface area contributed by atoms with Crippen LogP contribution in [0, 0.1) is 0 Å². The van der Waals surface area contributed by atoms with E-state index >= 15 is 0 Å². The maximum atomic E-state index is 10.3. The summed E-state index contributed by atoms with van der Waals surface area (Å²) in [5, 5.41) is 0. The van der Waals surface area contributed by atoms with Crippen molar-refractivity contribution < 1.29 is 9.53 Å². The quantitative estimate of drug-likeness (QED) is 0.429. The van der Waals surface area contributed by atoms with E-state index in [1.54, 1.807) is 0 Å². The maximum absolute atomic E-state index is 10.3. The Morgan fingerprint density at radius 1 is 1.31 bits per heavy atom. The standard InChI is InChI=1S/C13H15ClO2/c1-2-4-11-6-8-12(9-7-11)5-3-10-16-13(14)15/h2,6-9H,1,3-5,10H2. The third kappa shape index (κ3) is 4.99. The lowest BCUT2D eigenvalue weighted by Crippen LogP contribution is -1.98. The molecule has 0 unspecified atom stereocenters. The van der Waals surface area contributed by atoms with Crippen molar-refractivity contribution in [1.29, 1.82) is 0 Å². The normalized spacial score (nSPS) is 9.81. The van der Waals surface area contributed by atoms with Crippen molar-refractivity contribution in [1.82, 2.24) is 0 Å². The number of allylic oxidation sites excluding steroid dienone is 1. The summed E-state index contributed by atoms with van der Waals surface area (Å²) in [6, 6.07) is 8.35. The second-order valence-electron chi connectivity index (χ2n) is 3.50. The van der Waals surface area contributed by atoms with Crippen LogP contribution in [0.1, 0.15) is 17.5 Å². The average molecular weight is 239 g/mol. The molecule has 16 heavy (non-hydrogen) atoms. The lowest BCUT2D eigenvalue weighted by molar-refractivity contribution is 0.172. The summed E-state index contributed by atoms with van der Waals surface area (Å²) in [7, 11) is 0. The van der Waals surface area contributed by atoms with Gasteiger partial charge >= 0.3 is 5.43 Å². The molecule has 0 heterocycles. The van der Waals surface area contributed by atoms with E-state index in [1.165, 1.54) is 11.1 Å². The molecule has 0 aliphatic carbocycles. The van der Waals surface area contributed by atoms with Gasteiger partial charge in [0, 0.05) is 11.6 Å². The number of hydrogen-bond donors (Lipinski definition) is 0. The molecule has 0 amide bonds. The molecule has 0 radical (unpaired) electrons. The molecule has 1 aromatic carbocycles. The highest BCUT2D eigenvalue weighted by atomic mass is 35.5. The predicted molar refractivity (Wildman–Crippen MR) is 65.9 cm³/mol. The van der Waals surface area contributed by atoms with Gasteiger partial charge in [-0.2, -0.15) is 0 Å². The molecular weight excluding hydrogens is 224 g/mol. The molecule has 1 rings (SSSR count). The molecule has 1 aromatic rings. The van der Waals surface area contributed by atoms with Crippen LogP contribution in [-0.4, -0.2) is 12.0 Å². The number of ether oxygens (including phenoxy) is 1. The van der Waals surface area contributed by atoms with Gasteiger partial charge in [-0.05, 0) is 30.4 Å². The van der Waals surface area contributed by atoms with Crippen LogP contribution < -0.4 is 0 Å². The number of carbonyl (C=O) groups is 1. The van der Waals surface area contributed by atoms with Crippen LogP contribution in [0.5, 0.6) is 0 Å². The van der Waals surface area contributed by atoms with E-state index < -0.39 is 5.43 Å². The van der Waals surface area contributed by atoms with Gasteiger partial charge in [-0.15, -0.1) is 6.58 Å². The third-order valence-electron chi connectivity index (χ3n) is 2.23. The van der Waals surface area contributed by atoms with Gasteiger partial charge in [-0.25, -0.2) is 4.79 Å². The topological polar surface area (TPSA) is 26.3 Å². The molecule has 0 N–H and O–H groups in total. The van der Waals surface area contributed by atoms with Crippen LogP contribution in [0.2, 0.25) is 0 Å². The van der Waals surface area contributed by atoms with E-state index in [1.807, 2.05) is 6.08 Å². The van der Waals surface area contributed by atoms with E-state index in [9.17, 15) is 4.79 Å². The van der Waals surface area contributed by atoms with Gasteiger partial charge in [-0.3, -0.25) is 0 Å². The Labute approximate surface area is 101 Å². The summed E-state index contributed by atoms with van der Waals surface area (Å²) < 4.78 is 4.64. The van der Waals surface area contributed by atoms with Gasteiger partial charge in [-0.1, -0.05) is 30.3 Å². The highest BCUT2D eigenvalue weighted by molar-refractivity contribution is 6.61. The van der Waals surface area contributed by atoms with Crippen molar-refractivity contribution >= 4 is 17.0 Å². The zero-order chi connectivity index (χ0) is 11.8. The van der Waals surface area contributed by atoms with Crippen LogP contribution >= 0.6 is 11.6 Å². The molecular formula is C13H15ClO2. The first-order chi connectivity index (χ1) is 7.72. The fourth-order valence-electron chi connectivity index (χ4n) is 1.44. The summed E-state index contributed by atoms with van der Waals surface area (Å²) in [5.74, 6) is 0. The predicted octanol–water partition coefficient (Wildman–Crippen LogP) is 3.72. The number of halogens is 1. The van der Waals surface area contributed by atoms with Crippen LogP contribution in [0.25, 0.3) is 0 Å². The van der Waals surface area contributed by atoms with Crippen LogP contribution in [-0.2, 0) is 17.6 Å². The van der Waals surface area contributed by atoms with Gasteiger partial charge in [0.2, 0.25) is 0 Å². The molecule has 0 aliphatic rings. The van der Waals surface area contributed by atoms with E-state index in [-0.39, 0.29) is 0 Å². The molecule has 0 aliphatic heterocycles. The van der Waals surface area contributed by atoms with E-state index in [0.29, 0.717) is 6.61 Å². The van der Waals surface area contributed by atoms with Crippen molar-refractivity contribution in [3.8, 4) is 0 Å². The molecule has 0 fully saturated rings. The molecule has 2 nitrogen and oxygen atoms in total. The first-order valence-corrected chi connectivity index (χ1v) is 5.61. The SMILES string of the molecule is C=CCc1ccc(CCCOC(=O)Cl)cc1. The molecule has 0 bridgehead atoms. The zero-order valence-electron chi connectivity index (χ0n) is 9.12. The van der Waals surface area contributed by atoms with Crippen molar-refractivity contribution in [2.45, 2.75) is 19.3 Å². The van der Waals surface area contributed by atoms with Crippen molar-refractivity contribution in [3.63, 3.8) is 0 Å². The summed E-state index contributed by atoms with van der Waals surface area (Å²) in [6.45, 7) is 4.07. The van der Waals surface area contributed by atoms with Crippen LogP contribution in [0.15, 0.2) is 36.9 Å². The minimum atomic E-state index is -0.735. The van der Waals surface area contributed by atoms with Crippen LogP contribution in [0.3, 0.4) is 0 Å². The molecule has 0 aromatic heterocycles. The second kappa shape index (κ2) is 7.07. The summed E-state index contributed by atoms with van der Waals surface area (Å²) in [4.78, 5) is 10.3. The van der Waals surface area contributed by atoms with Crippen LogP contribution in [0.4, 0.5) is 4.79 Å². The maximum Gasteiger partial charge on any atom is 0.403 e. The Kier molecular flexibility index (Phi) is 5.65. The number of benzene rings is 1. The fraction of sp³-hybridized carbons (Fsp3) is 0.308. The molecule has 0 saturated heterocycles. The van der Waals surface area contributed by atoms with Gasteiger partial charge in [0.1, 0.15) is 0 Å². The molecule has 0 saturated carbocycles. The highest BCUT2D eigenvalue weighted by Gasteiger charge is 1.97. The Morgan fingerprint density at radius 3 is 2.50 bits per heavy atom. The Hall–Kier alpha value is -1.28. The van der Waals surface area contributed by atoms with Crippen molar-refractivity contribution in [2.75, 3.05) is 6.61 Å². The molecule has 86 valence electrons. The summed E-state index contributed by atoms with van der Waals surface area (Å²) in [6.07, 6.45) is 4.46. The Bertz CT molecular complexity index is 343. The summed E-state index contributed by atoms with van der Waals surface area (Å²) in [5.41, 5.74) is 1.76.